The topological polar surface area (TPSA) is 52.0 Å². The second-order valence-electron chi connectivity index (χ2n) is 8.16. The molecule has 0 spiro atoms. The van der Waals surface area contributed by atoms with E-state index in [0.29, 0.717) is 5.69 Å². The molecule has 1 aliphatic carbocycles. The lowest BCUT2D eigenvalue weighted by Crippen LogP contribution is -2.31. The van der Waals surface area contributed by atoms with Crippen LogP contribution in [0.1, 0.15) is 44.7 Å². The number of likely N-dealkylation sites (tertiary alicyclic amines) is 1. The number of aromatic nitrogens is 1. The van der Waals surface area contributed by atoms with Crippen LogP contribution in [0.25, 0.3) is 17.0 Å². The van der Waals surface area contributed by atoms with Gasteiger partial charge in [-0.1, -0.05) is 24.8 Å². The van der Waals surface area contributed by atoms with Crippen molar-refractivity contribution in [2.75, 3.05) is 13.1 Å². The number of hydrogen-bond donors (Lipinski definition) is 1. The molecule has 176 valence electrons. The van der Waals surface area contributed by atoms with Crippen molar-refractivity contribution in [2.45, 2.75) is 39.0 Å². The van der Waals surface area contributed by atoms with E-state index in [1.807, 2.05) is 25.1 Å². The molecule has 2 heterocycles. The van der Waals surface area contributed by atoms with Crippen molar-refractivity contribution < 1.29 is 8.78 Å². The summed E-state index contributed by atoms with van der Waals surface area (Å²) in [5.41, 5.74) is 5.04. The molecule has 34 heavy (non-hydrogen) atoms. The van der Waals surface area contributed by atoms with Crippen LogP contribution in [0, 0.1) is 23.5 Å². The molecule has 4 rings (SSSR count). The van der Waals surface area contributed by atoms with Crippen LogP contribution in [0.5, 0.6) is 0 Å². The fourth-order valence-electron chi connectivity index (χ4n) is 4.11. The minimum absolute atomic E-state index is 0.100. The van der Waals surface area contributed by atoms with Gasteiger partial charge in [-0.05, 0) is 81.0 Å². The van der Waals surface area contributed by atoms with E-state index >= 15 is 0 Å². The van der Waals surface area contributed by atoms with Crippen molar-refractivity contribution in [3.05, 3.63) is 95.5 Å². The number of nitrogens with one attached hydrogen (secondary N) is 1. The SMILES string of the molecule is C#N.C=C/C(NC(=C1CC1)c1cccc(-c2c(F)cccc2F)n1)=C(\C=C/C)N1CCCCC1. The molecular formula is C28H30F2N4. The number of rotatable bonds is 7. The zero-order chi connectivity index (χ0) is 24.5. The van der Waals surface area contributed by atoms with E-state index in [4.69, 9.17) is 5.26 Å². The fourth-order valence-corrected chi connectivity index (χ4v) is 4.11. The molecular weight excluding hydrogens is 430 g/mol. The lowest BCUT2D eigenvalue weighted by Gasteiger charge is -2.31. The largest absolute Gasteiger partial charge is 0.370 e. The van der Waals surface area contributed by atoms with Gasteiger partial charge in [0.1, 0.15) is 11.6 Å². The maximum Gasteiger partial charge on any atom is 0.135 e. The van der Waals surface area contributed by atoms with E-state index in [2.05, 4.69) is 34.4 Å². The zero-order valence-corrected chi connectivity index (χ0v) is 19.5. The van der Waals surface area contributed by atoms with Crippen molar-refractivity contribution in [1.29, 1.82) is 5.26 Å². The average Bonchev–Trinajstić information content (AvgIpc) is 3.71. The Labute approximate surface area is 200 Å². The Morgan fingerprint density at radius 3 is 2.29 bits per heavy atom. The Morgan fingerprint density at radius 1 is 1.06 bits per heavy atom. The highest BCUT2D eigenvalue weighted by atomic mass is 19.1. The van der Waals surface area contributed by atoms with Gasteiger partial charge in [0.15, 0.2) is 0 Å². The highest BCUT2D eigenvalue weighted by Crippen LogP contribution is 2.36. The van der Waals surface area contributed by atoms with Gasteiger partial charge in [0.05, 0.1) is 34.0 Å². The first-order valence-electron chi connectivity index (χ1n) is 11.5. The van der Waals surface area contributed by atoms with E-state index < -0.39 is 11.6 Å². The molecule has 2 fully saturated rings. The van der Waals surface area contributed by atoms with E-state index in [1.165, 1.54) is 43.0 Å². The Morgan fingerprint density at radius 2 is 1.71 bits per heavy atom. The average molecular weight is 461 g/mol. The lowest BCUT2D eigenvalue weighted by molar-refractivity contribution is 0.290. The van der Waals surface area contributed by atoms with E-state index in [9.17, 15) is 8.78 Å². The quantitative estimate of drug-likeness (QED) is 0.466. The highest BCUT2D eigenvalue weighted by Gasteiger charge is 2.23. The summed E-state index contributed by atoms with van der Waals surface area (Å²) < 4.78 is 28.7. The molecule has 6 heteroatoms. The molecule has 1 saturated carbocycles. The fraction of sp³-hybridized carbons (Fsp3) is 0.286. The highest BCUT2D eigenvalue weighted by molar-refractivity contribution is 5.72. The van der Waals surface area contributed by atoms with Crippen LogP contribution in [-0.2, 0) is 0 Å². The van der Waals surface area contributed by atoms with Crippen LogP contribution >= 0.6 is 0 Å². The maximum absolute atomic E-state index is 14.4. The third-order valence-electron chi connectivity index (χ3n) is 5.84. The summed E-state index contributed by atoms with van der Waals surface area (Å²) >= 11 is 0. The molecule has 0 amide bonds. The molecule has 1 N–H and O–H groups in total. The van der Waals surface area contributed by atoms with E-state index in [1.54, 1.807) is 12.1 Å². The van der Waals surface area contributed by atoms with Gasteiger partial charge in [-0.3, -0.25) is 0 Å². The van der Waals surface area contributed by atoms with Crippen molar-refractivity contribution in [3.63, 3.8) is 0 Å². The zero-order valence-electron chi connectivity index (χ0n) is 19.5. The van der Waals surface area contributed by atoms with Crippen LogP contribution < -0.4 is 5.32 Å². The summed E-state index contributed by atoms with van der Waals surface area (Å²) in [6.07, 6.45) is 11.6. The van der Waals surface area contributed by atoms with E-state index in [-0.39, 0.29) is 11.3 Å². The summed E-state index contributed by atoms with van der Waals surface area (Å²) in [5.74, 6) is -1.23. The van der Waals surface area contributed by atoms with E-state index in [0.717, 1.165) is 43.0 Å². The van der Waals surface area contributed by atoms with Gasteiger partial charge < -0.3 is 10.2 Å². The van der Waals surface area contributed by atoms with Crippen LogP contribution in [0.4, 0.5) is 8.78 Å². The van der Waals surface area contributed by atoms with Gasteiger partial charge in [0, 0.05) is 19.7 Å². The van der Waals surface area contributed by atoms with Crippen molar-refractivity contribution >= 4 is 5.70 Å². The Hall–Kier alpha value is -3.72. The monoisotopic (exact) mass is 460 g/mol. The molecule has 0 radical (unpaired) electrons. The number of pyridine rings is 1. The molecule has 2 aromatic rings. The Bertz CT molecular complexity index is 1110. The molecule has 2 aliphatic rings. The first-order chi connectivity index (χ1) is 16.6. The molecule has 1 saturated heterocycles. The van der Waals surface area contributed by atoms with Crippen LogP contribution in [0.2, 0.25) is 0 Å². The van der Waals surface area contributed by atoms with Crippen LogP contribution in [0.3, 0.4) is 0 Å². The van der Waals surface area contributed by atoms with Crippen LogP contribution in [-0.4, -0.2) is 23.0 Å². The summed E-state index contributed by atoms with van der Waals surface area (Å²) in [7, 11) is 0. The number of nitriles is 1. The first-order valence-corrected chi connectivity index (χ1v) is 11.5. The predicted molar refractivity (Wildman–Crippen MR) is 133 cm³/mol. The second-order valence-corrected chi connectivity index (χ2v) is 8.16. The minimum atomic E-state index is -0.615. The smallest absolute Gasteiger partial charge is 0.135 e. The van der Waals surface area contributed by atoms with Crippen LogP contribution in [0.15, 0.2) is 78.2 Å². The van der Waals surface area contributed by atoms with Gasteiger partial charge in [0.2, 0.25) is 0 Å². The molecule has 1 aromatic carbocycles. The predicted octanol–water partition coefficient (Wildman–Crippen LogP) is 6.72. The van der Waals surface area contributed by atoms with Crippen molar-refractivity contribution in [1.82, 2.24) is 15.2 Å². The summed E-state index contributed by atoms with van der Waals surface area (Å²) in [5, 5.41) is 10.1. The van der Waals surface area contributed by atoms with Gasteiger partial charge >= 0.3 is 0 Å². The molecule has 0 atom stereocenters. The summed E-state index contributed by atoms with van der Waals surface area (Å²) in [4.78, 5) is 7.03. The number of piperidine rings is 1. The molecule has 0 unspecified atom stereocenters. The van der Waals surface area contributed by atoms with Crippen molar-refractivity contribution in [3.8, 4) is 17.8 Å². The third-order valence-corrected chi connectivity index (χ3v) is 5.84. The summed E-state index contributed by atoms with van der Waals surface area (Å²) in [6.45, 7) is 11.6. The van der Waals surface area contributed by atoms with Gasteiger partial charge in [-0.2, -0.15) is 0 Å². The van der Waals surface area contributed by atoms with Gasteiger partial charge in [0.25, 0.3) is 0 Å². The first kappa shape index (κ1) is 24.9. The molecule has 1 aliphatic heterocycles. The normalized spacial score (nSPS) is 15.8. The molecule has 4 nitrogen and oxygen atoms in total. The number of hydrogen-bond acceptors (Lipinski definition) is 4. The maximum atomic E-state index is 14.4. The number of allylic oxidation sites excluding steroid dienone is 4. The standard InChI is InChI=1S/C27H29F2N3.CHN/c1-3-10-25(32-17-6-5-7-18-32)22(4-2)31-27(19-15-16-19)24-14-9-13-23(30-24)26-20(28)11-8-12-21(26)29;1-2/h3-4,8-14,31H,2,5-7,15-18H2,1H3;1H/b10-3-,25-22-;. The second kappa shape index (κ2) is 11.9. The summed E-state index contributed by atoms with van der Waals surface area (Å²) in [6, 6.07) is 9.19. The Balaban J connectivity index is 0.00000158. The number of benzene rings is 1. The molecule has 1 aromatic heterocycles. The number of nitrogens with zero attached hydrogens (tertiary/aromatic N) is 3. The van der Waals surface area contributed by atoms with Gasteiger partial charge in [-0.25, -0.2) is 19.0 Å². The minimum Gasteiger partial charge on any atom is -0.370 e. The lowest BCUT2D eigenvalue weighted by atomic mass is 10.1. The third kappa shape index (κ3) is 5.79. The molecule has 0 bridgehead atoms. The van der Waals surface area contributed by atoms with Crippen molar-refractivity contribution in [2.24, 2.45) is 0 Å². The Kier molecular flexibility index (Phi) is 8.75. The number of halogens is 2. The van der Waals surface area contributed by atoms with Gasteiger partial charge in [-0.15, -0.1) is 0 Å².